The van der Waals surface area contributed by atoms with Gasteiger partial charge in [0.05, 0.1) is 6.54 Å². The van der Waals surface area contributed by atoms with Gasteiger partial charge in [-0.1, -0.05) is 24.6 Å². The number of aryl methyl sites for hydroxylation is 1. The largest absolute Gasteiger partial charge is 0.338 e. The van der Waals surface area contributed by atoms with Gasteiger partial charge in [0.15, 0.2) is 5.82 Å². The minimum atomic E-state index is 0.697. The van der Waals surface area contributed by atoms with Gasteiger partial charge in [-0.3, -0.25) is 4.90 Å². The summed E-state index contributed by atoms with van der Waals surface area (Å²) >= 11 is 1.81. The van der Waals surface area contributed by atoms with Crippen LogP contribution in [0.1, 0.15) is 49.2 Å². The maximum atomic E-state index is 5.39. The van der Waals surface area contributed by atoms with Gasteiger partial charge in [0, 0.05) is 23.9 Å². The van der Waals surface area contributed by atoms with E-state index in [-0.39, 0.29) is 0 Å². The van der Waals surface area contributed by atoms with Gasteiger partial charge < -0.3 is 4.52 Å². The maximum absolute atomic E-state index is 5.39. The van der Waals surface area contributed by atoms with Crippen LogP contribution >= 0.6 is 11.3 Å². The molecule has 0 spiro atoms. The summed E-state index contributed by atoms with van der Waals surface area (Å²) in [4.78, 5) is 8.38. The van der Waals surface area contributed by atoms with Crippen LogP contribution in [0.5, 0.6) is 0 Å². The van der Waals surface area contributed by atoms with Crippen molar-refractivity contribution in [1.29, 1.82) is 0 Å². The zero-order valence-corrected chi connectivity index (χ0v) is 12.7. The van der Waals surface area contributed by atoms with E-state index in [1.165, 1.54) is 17.7 Å². The lowest BCUT2D eigenvalue weighted by molar-refractivity contribution is 0.211. The number of aromatic nitrogens is 2. The monoisotopic (exact) mass is 291 g/mol. The van der Waals surface area contributed by atoms with Gasteiger partial charge in [0.25, 0.3) is 0 Å². The topological polar surface area (TPSA) is 42.2 Å². The average molecular weight is 291 g/mol. The lowest BCUT2D eigenvalue weighted by atomic mass is 10.2. The molecule has 20 heavy (non-hydrogen) atoms. The van der Waals surface area contributed by atoms with Gasteiger partial charge in [-0.15, -0.1) is 11.3 Å². The Labute approximate surface area is 123 Å². The van der Waals surface area contributed by atoms with Crippen LogP contribution in [-0.4, -0.2) is 21.1 Å². The number of thiophene rings is 1. The van der Waals surface area contributed by atoms with Crippen molar-refractivity contribution in [3.05, 3.63) is 34.1 Å². The van der Waals surface area contributed by atoms with Crippen molar-refractivity contribution in [2.75, 3.05) is 0 Å². The van der Waals surface area contributed by atoms with E-state index in [4.69, 9.17) is 4.52 Å². The smallest absolute Gasteiger partial charge is 0.240 e. The Hall–Kier alpha value is -1.20. The molecule has 1 saturated carbocycles. The summed E-state index contributed by atoms with van der Waals surface area (Å²) in [6.45, 7) is 3.95. The number of hydrogen-bond donors (Lipinski definition) is 0. The van der Waals surface area contributed by atoms with Crippen LogP contribution < -0.4 is 0 Å². The van der Waals surface area contributed by atoms with Crippen LogP contribution in [-0.2, 0) is 19.5 Å². The summed E-state index contributed by atoms with van der Waals surface area (Å²) < 4.78 is 5.39. The summed E-state index contributed by atoms with van der Waals surface area (Å²) in [7, 11) is 0. The molecule has 3 rings (SSSR count). The molecule has 2 aromatic heterocycles. The zero-order valence-electron chi connectivity index (χ0n) is 11.9. The molecule has 2 aromatic rings. The number of hydrogen-bond acceptors (Lipinski definition) is 5. The Kier molecular flexibility index (Phi) is 4.47. The first-order valence-corrected chi connectivity index (χ1v) is 8.31. The molecule has 0 saturated heterocycles. The third-order valence-corrected chi connectivity index (χ3v) is 4.47. The van der Waals surface area contributed by atoms with Crippen LogP contribution in [0, 0.1) is 0 Å². The first-order valence-electron chi connectivity index (χ1n) is 7.43. The highest BCUT2D eigenvalue weighted by molar-refractivity contribution is 7.09. The molecule has 0 amide bonds. The maximum Gasteiger partial charge on any atom is 0.240 e. The highest BCUT2D eigenvalue weighted by Gasteiger charge is 2.30. The Morgan fingerprint density at radius 2 is 2.30 bits per heavy atom. The first kappa shape index (κ1) is 13.8. The van der Waals surface area contributed by atoms with Crippen molar-refractivity contribution < 1.29 is 4.52 Å². The van der Waals surface area contributed by atoms with E-state index < -0.39 is 0 Å². The minimum Gasteiger partial charge on any atom is -0.338 e. The highest BCUT2D eigenvalue weighted by atomic mass is 32.1. The SMILES string of the molecule is CCCCc1noc(CN(Cc2cccs2)C2CC2)n1. The standard InChI is InChI=1S/C15H21N3OS/c1-2-3-6-14-16-15(19-17-14)11-18(12-7-8-12)10-13-5-4-9-20-13/h4-5,9,12H,2-3,6-8,10-11H2,1H3. The molecule has 2 heterocycles. The van der Waals surface area contributed by atoms with E-state index in [1.54, 1.807) is 0 Å². The van der Waals surface area contributed by atoms with Gasteiger partial charge in [-0.2, -0.15) is 4.98 Å². The number of nitrogens with zero attached hydrogens (tertiary/aromatic N) is 3. The molecule has 0 aliphatic heterocycles. The molecular weight excluding hydrogens is 270 g/mol. The van der Waals surface area contributed by atoms with Gasteiger partial charge >= 0.3 is 0 Å². The molecule has 5 heteroatoms. The van der Waals surface area contributed by atoms with E-state index in [2.05, 4.69) is 39.5 Å². The predicted molar refractivity (Wildman–Crippen MR) is 79.5 cm³/mol. The predicted octanol–water partition coefficient (Wildman–Crippen LogP) is 3.64. The molecule has 0 N–H and O–H groups in total. The van der Waals surface area contributed by atoms with Crippen molar-refractivity contribution in [2.24, 2.45) is 0 Å². The molecule has 1 aliphatic rings. The Bertz CT molecular complexity index is 519. The van der Waals surface area contributed by atoms with E-state index in [9.17, 15) is 0 Å². The van der Waals surface area contributed by atoms with Crippen LogP contribution in [0.4, 0.5) is 0 Å². The fourth-order valence-corrected chi connectivity index (χ4v) is 3.05. The molecule has 0 aromatic carbocycles. The van der Waals surface area contributed by atoms with Gasteiger partial charge in [0.2, 0.25) is 5.89 Å². The second kappa shape index (κ2) is 6.50. The third-order valence-electron chi connectivity index (χ3n) is 3.60. The molecule has 1 fully saturated rings. The van der Waals surface area contributed by atoms with Crippen molar-refractivity contribution >= 4 is 11.3 Å². The Morgan fingerprint density at radius 1 is 1.40 bits per heavy atom. The summed E-state index contributed by atoms with van der Waals surface area (Å²) in [5.41, 5.74) is 0. The fourth-order valence-electron chi connectivity index (χ4n) is 2.32. The molecule has 0 unspecified atom stereocenters. The van der Waals surface area contributed by atoms with E-state index in [1.807, 2.05) is 11.3 Å². The van der Waals surface area contributed by atoms with Gasteiger partial charge in [-0.05, 0) is 30.7 Å². The minimum absolute atomic E-state index is 0.697. The van der Waals surface area contributed by atoms with Crippen molar-refractivity contribution in [2.45, 2.75) is 58.2 Å². The highest BCUT2D eigenvalue weighted by Crippen LogP contribution is 2.30. The van der Waals surface area contributed by atoms with Gasteiger partial charge in [0.1, 0.15) is 0 Å². The van der Waals surface area contributed by atoms with E-state index in [0.29, 0.717) is 6.04 Å². The summed E-state index contributed by atoms with van der Waals surface area (Å²) in [6.07, 6.45) is 5.80. The number of unbranched alkanes of at least 4 members (excludes halogenated alkanes) is 1. The second-order valence-corrected chi connectivity index (χ2v) is 6.46. The van der Waals surface area contributed by atoms with Crippen LogP contribution in [0.25, 0.3) is 0 Å². The molecular formula is C15H21N3OS. The fraction of sp³-hybridized carbons (Fsp3) is 0.600. The average Bonchev–Trinajstić information content (AvgIpc) is 3.00. The van der Waals surface area contributed by atoms with Gasteiger partial charge in [-0.25, -0.2) is 0 Å². The molecule has 1 aliphatic carbocycles. The molecule has 0 bridgehead atoms. The quantitative estimate of drug-likeness (QED) is 0.744. The second-order valence-electron chi connectivity index (χ2n) is 5.42. The normalized spacial score (nSPS) is 15.1. The van der Waals surface area contributed by atoms with E-state index >= 15 is 0 Å². The van der Waals surface area contributed by atoms with E-state index in [0.717, 1.165) is 44.1 Å². The molecule has 4 nitrogen and oxygen atoms in total. The van der Waals surface area contributed by atoms with Crippen LogP contribution in [0.15, 0.2) is 22.0 Å². The lowest BCUT2D eigenvalue weighted by Gasteiger charge is -2.18. The number of rotatable bonds is 8. The van der Waals surface area contributed by atoms with Crippen molar-refractivity contribution in [1.82, 2.24) is 15.0 Å². The third kappa shape index (κ3) is 3.67. The molecule has 0 radical (unpaired) electrons. The zero-order chi connectivity index (χ0) is 13.8. The Morgan fingerprint density at radius 3 is 3.00 bits per heavy atom. The van der Waals surface area contributed by atoms with Crippen molar-refractivity contribution in [3.63, 3.8) is 0 Å². The summed E-state index contributed by atoms with van der Waals surface area (Å²) in [5.74, 6) is 1.62. The van der Waals surface area contributed by atoms with Crippen LogP contribution in [0.2, 0.25) is 0 Å². The molecule has 0 atom stereocenters. The van der Waals surface area contributed by atoms with Crippen LogP contribution in [0.3, 0.4) is 0 Å². The van der Waals surface area contributed by atoms with Crippen molar-refractivity contribution in [3.8, 4) is 0 Å². The first-order chi connectivity index (χ1) is 9.85. The Balaban J connectivity index is 1.59. The summed E-state index contributed by atoms with van der Waals surface area (Å²) in [6, 6.07) is 5.00. The lowest BCUT2D eigenvalue weighted by Crippen LogP contribution is -2.24. The molecule has 108 valence electrons. The summed E-state index contributed by atoms with van der Waals surface area (Å²) in [5, 5.41) is 6.21.